The highest BCUT2D eigenvalue weighted by molar-refractivity contribution is 5.93. The van der Waals surface area contributed by atoms with E-state index in [4.69, 9.17) is 4.74 Å². The Kier molecular flexibility index (Phi) is 5.35. The summed E-state index contributed by atoms with van der Waals surface area (Å²) in [7, 11) is 2.15. The van der Waals surface area contributed by atoms with Crippen molar-refractivity contribution in [2.75, 3.05) is 26.7 Å². The van der Waals surface area contributed by atoms with E-state index in [2.05, 4.69) is 34.2 Å². The molecule has 0 saturated heterocycles. The average Bonchev–Trinajstić information content (AvgIpc) is 3.12. The van der Waals surface area contributed by atoms with Crippen molar-refractivity contribution in [3.63, 3.8) is 0 Å². The van der Waals surface area contributed by atoms with Crippen LogP contribution in [0.5, 0.6) is 5.75 Å². The van der Waals surface area contributed by atoms with Crippen LogP contribution in [0.1, 0.15) is 23.8 Å². The minimum Gasteiger partial charge on any atom is -0.494 e. The van der Waals surface area contributed by atoms with E-state index in [-0.39, 0.29) is 5.91 Å². The fourth-order valence-electron chi connectivity index (χ4n) is 2.64. The molecule has 3 rings (SSSR count). The molecule has 0 spiro atoms. The second kappa shape index (κ2) is 7.85. The van der Waals surface area contributed by atoms with Crippen molar-refractivity contribution in [1.29, 1.82) is 0 Å². The standard InChI is InChI=1S/C18H23N5O2/c1-3-25-15-6-4-13(5-7-15)16-12-17(21-20-16)18(24)22-19-14-8-10-23(2)11-9-14/h4-8,12,19H,3,9-11H2,1-2H3,(H,20,21)(H,22,24)/p+1. The minimum atomic E-state index is -0.239. The summed E-state index contributed by atoms with van der Waals surface area (Å²) in [5.74, 6) is 0.578. The number of aromatic amines is 1. The summed E-state index contributed by atoms with van der Waals surface area (Å²) in [5.41, 5.74) is 8.81. The average molecular weight is 342 g/mol. The molecule has 0 fully saturated rings. The molecule has 0 radical (unpaired) electrons. The highest BCUT2D eigenvalue weighted by Crippen LogP contribution is 2.21. The monoisotopic (exact) mass is 342 g/mol. The fraction of sp³-hybridized carbons (Fsp3) is 0.333. The van der Waals surface area contributed by atoms with Crippen LogP contribution in [-0.4, -0.2) is 42.8 Å². The molecular weight excluding hydrogens is 318 g/mol. The lowest BCUT2D eigenvalue weighted by molar-refractivity contribution is -0.875. The number of hydrogen-bond donors (Lipinski definition) is 4. The van der Waals surface area contributed by atoms with Crippen molar-refractivity contribution in [2.45, 2.75) is 13.3 Å². The van der Waals surface area contributed by atoms with E-state index in [0.717, 1.165) is 42.2 Å². The first-order valence-electron chi connectivity index (χ1n) is 8.51. The molecule has 0 aliphatic carbocycles. The summed E-state index contributed by atoms with van der Waals surface area (Å²) >= 11 is 0. The molecule has 2 heterocycles. The van der Waals surface area contributed by atoms with Crippen LogP contribution in [0.4, 0.5) is 0 Å². The number of nitrogens with one attached hydrogen (secondary N) is 4. The molecular formula is C18H24N5O2+. The Morgan fingerprint density at radius 1 is 1.36 bits per heavy atom. The Hall–Kier alpha value is -2.80. The second-order valence-corrected chi connectivity index (χ2v) is 6.09. The van der Waals surface area contributed by atoms with Crippen LogP contribution < -0.4 is 20.5 Å². The quantitative estimate of drug-likeness (QED) is 0.577. The fourth-order valence-corrected chi connectivity index (χ4v) is 2.64. The Balaban J connectivity index is 1.59. The molecule has 1 aromatic heterocycles. The second-order valence-electron chi connectivity index (χ2n) is 6.09. The first-order valence-corrected chi connectivity index (χ1v) is 8.51. The lowest BCUT2D eigenvalue weighted by Crippen LogP contribution is -3.09. The summed E-state index contributed by atoms with van der Waals surface area (Å²) in [6, 6.07) is 9.37. The molecule has 4 N–H and O–H groups in total. The number of quaternary nitrogens is 1. The van der Waals surface area contributed by atoms with Gasteiger partial charge < -0.3 is 15.1 Å². The van der Waals surface area contributed by atoms with Gasteiger partial charge >= 0.3 is 0 Å². The number of hydrazine groups is 1. The zero-order valence-corrected chi connectivity index (χ0v) is 14.6. The number of amides is 1. The predicted octanol–water partition coefficient (Wildman–Crippen LogP) is 0.512. The number of nitrogens with zero attached hydrogens (tertiary/aromatic N) is 1. The molecule has 25 heavy (non-hydrogen) atoms. The van der Waals surface area contributed by atoms with Crippen molar-refractivity contribution in [1.82, 2.24) is 21.0 Å². The molecule has 1 unspecified atom stereocenters. The molecule has 1 aliphatic heterocycles. The van der Waals surface area contributed by atoms with Gasteiger partial charge in [0, 0.05) is 17.7 Å². The van der Waals surface area contributed by atoms with E-state index in [1.54, 1.807) is 6.07 Å². The summed E-state index contributed by atoms with van der Waals surface area (Å²) < 4.78 is 5.43. The minimum absolute atomic E-state index is 0.239. The molecule has 0 saturated carbocycles. The third kappa shape index (κ3) is 4.39. The highest BCUT2D eigenvalue weighted by atomic mass is 16.5. The summed E-state index contributed by atoms with van der Waals surface area (Å²) in [5, 5.41) is 7.00. The van der Waals surface area contributed by atoms with Gasteiger partial charge in [0.2, 0.25) is 0 Å². The first-order chi connectivity index (χ1) is 12.2. The van der Waals surface area contributed by atoms with Crippen LogP contribution in [0, 0.1) is 0 Å². The van der Waals surface area contributed by atoms with Crippen LogP contribution >= 0.6 is 0 Å². The number of H-pyrrole nitrogens is 1. The van der Waals surface area contributed by atoms with Crippen LogP contribution in [-0.2, 0) is 0 Å². The van der Waals surface area contributed by atoms with E-state index >= 15 is 0 Å². The summed E-state index contributed by atoms with van der Waals surface area (Å²) in [6.07, 6.45) is 3.03. The van der Waals surface area contributed by atoms with Gasteiger partial charge in [0.25, 0.3) is 5.91 Å². The number of likely N-dealkylation sites (N-methyl/N-ethyl adjacent to an activating group) is 1. The molecule has 1 aromatic carbocycles. The highest BCUT2D eigenvalue weighted by Gasteiger charge is 2.14. The van der Waals surface area contributed by atoms with Gasteiger partial charge in [-0.3, -0.25) is 15.3 Å². The number of benzene rings is 1. The molecule has 1 aliphatic rings. The third-order valence-electron chi connectivity index (χ3n) is 4.14. The van der Waals surface area contributed by atoms with Gasteiger partial charge in [-0.2, -0.15) is 5.10 Å². The van der Waals surface area contributed by atoms with Crippen molar-refractivity contribution in [3.05, 3.63) is 47.8 Å². The molecule has 0 bridgehead atoms. The zero-order chi connectivity index (χ0) is 17.6. The van der Waals surface area contributed by atoms with E-state index in [1.807, 2.05) is 31.2 Å². The van der Waals surface area contributed by atoms with E-state index in [1.165, 1.54) is 4.90 Å². The smallest absolute Gasteiger partial charge is 0.287 e. The number of hydrogen-bond acceptors (Lipinski definition) is 4. The van der Waals surface area contributed by atoms with Crippen LogP contribution in [0.15, 0.2) is 42.1 Å². The van der Waals surface area contributed by atoms with Gasteiger partial charge in [0.05, 0.1) is 32.4 Å². The van der Waals surface area contributed by atoms with E-state index in [9.17, 15) is 4.79 Å². The summed E-state index contributed by atoms with van der Waals surface area (Å²) in [4.78, 5) is 13.7. The molecule has 132 valence electrons. The number of ether oxygens (including phenoxy) is 1. The predicted molar refractivity (Wildman–Crippen MR) is 95.1 cm³/mol. The van der Waals surface area contributed by atoms with Gasteiger partial charge in [-0.05, 0) is 43.3 Å². The summed E-state index contributed by atoms with van der Waals surface area (Å²) in [6.45, 7) is 4.60. The van der Waals surface area contributed by atoms with Crippen LogP contribution in [0.2, 0.25) is 0 Å². The molecule has 1 amide bonds. The SMILES string of the molecule is CCOc1ccc(-c2cc(C(=O)NNC3=CC[NH+](C)CC3)[nH]n2)cc1. The normalized spacial score (nSPS) is 16.9. The van der Waals surface area contributed by atoms with Crippen LogP contribution in [0.25, 0.3) is 11.3 Å². The molecule has 2 aromatic rings. The van der Waals surface area contributed by atoms with Crippen molar-refractivity contribution in [2.24, 2.45) is 0 Å². The van der Waals surface area contributed by atoms with Crippen molar-refractivity contribution in [3.8, 4) is 17.0 Å². The van der Waals surface area contributed by atoms with Gasteiger partial charge in [-0.25, -0.2) is 0 Å². The molecule has 7 nitrogen and oxygen atoms in total. The largest absolute Gasteiger partial charge is 0.494 e. The Labute approximate surface area is 147 Å². The lowest BCUT2D eigenvalue weighted by atomic mass is 10.1. The molecule has 7 heteroatoms. The maximum absolute atomic E-state index is 12.2. The van der Waals surface area contributed by atoms with Gasteiger partial charge in [0.1, 0.15) is 11.4 Å². The maximum Gasteiger partial charge on any atom is 0.287 e. The Morgan fingerprint density at radius 3 is 2.84 bits per heavy atom. The van der Waals surface area contributed by atoms with Crippen LogP contribution in [0.3, 0.4) is 0 Å². The lowest BCUT2D eigenvalue weighted by Gasteiger charge is -2.20. The van der Waals surface area contributed by atoms with Crippen molar-refractivity contribution >= 4 is 5.91 Å². The number of aromatic nitrogens is 2. The third-order valence-corrected chi connectivity index (χ3v) is 4.14. The van der Waals surface area contributed by atoms with E-state index < -0.39 is 0 Å². The van der Waals surface area contributed by atoms with Gasteiger partial charge in [0.15, 0.2) is 0 Å². The maximum atomic E-state index is 12.2. The number of rotatable bonds is 6. The Morgan fingerprint density at radius 2 is 2.16 bits per heavy atom. The van der Waals surface area contributed by atoms with Gasteiger partial charge in [-0.15, -0.1) is 0 Å². The number of carbonyl (C=O) groups excluding carboxylic acids is 1. The van der Waals surface area contributed by atoms with Gasteiger partial charge in [-0.1, -0.05) is 0 Å². The topological polar surface area (TPSA) is 83.5 Å². The zero-order valence-electron chi connectivity index (χ0n) is 14.6. The number of carbonyl (C=O) groups is 1. The molecule has 1 atom stereocenters. The Bertz CT molecular complexity index is 751. The van der Waals surface area contributed by atoms with Crippen molar-refractivity contribution < 1.29 is 14.4 Å². The van der Waals surface area contributed by atoms with E-state index in [0.29, 0.717) is 12.3 Å². The first kappa shape index (κ1) is 17.0.